The standard InChI is InChI=1S/C15H19N3O/c1-4-15(3,16)14(19)18-12-7-5-6-11-9-8-10(2)17-13(11)12/h5-9H,4,16H2,1-3H3,(H,18,19). The predicted molar refractivity (Wildman–Crippen MR) is 78.0 cm³/mol. The summed E-state index contributed by atoms with van der Waals surface area (Å²) in [4.78, 5) is 16.6. The maximum absolute atomic E-state index is 12.1. The fraction of sp³-hybridized carbons (Fsp3) is 0.333. The summed E-state index contributed by atoms with van der Waals surface area (Å²) in [6.45, 7) is 5.55. The molecule has 1 aromatic carbocycles. The van der Waals surface area contributed by atoms with E-state index in [9.17, 15) is 4.79 Å². The monoisotopic (exact) mass is 257 g/mol. The van der Waals surface area contributed by atoms with Gasteiger partial charge in [0.15, 0.2) is 0 Å². The van der Waals surface area contributed by atoms with E-state index in [0.29, 0.717) is 12.1 Å². The van der Waals surface area contributed by atoms with Gasteiger partial charge in [0, 0.05) is 11.1 Å². The highest BCUT2D eigenvalue weighted by Crippen LogP contribution is 2.22. The third-order valence-electron chi connectivity index (χ3n) is 3.36. The summed E-state index contributed by atoms with van der Waals surface area (Å²) in [7, 11) is 0. The first kappa shape index (κ1) is 13.5. The Morgan fingerprint density at radius 3 is 2.79 bits per heavy atom. The van der Waals surface area contributed by atoms with Gasteiger partial charge in [0.05, 0.1) is 16.7 Å². The van der Waals surface area contributed by atoms with Crippen molar-refractivity contribution in [1.82, 2.24) is 4.98 Å². The minimum Gasteiger partial charge on any atom is -0.323 e. The molecular weight excluding hydrogens is 238 g/mol. The zero-order valence-electron chi connectivity index (χ0n) is 11.5. The van der Waals surface area contributed by atoms with Gasteiger partial charge in [-0.25, -0.2) is 0 Å². The van der Waals surface area contributed by atoms with E-state index in [1.165, 1.54) is 0 Å². The maximum Gasteiger partial charge on any atom is 0.244 e. The summed E-state index contributed by atoms with van der Waals surface area (Å²) >= 11 is 0. The molecule has 1 amide bonds. The second kappa shape index (κ2) is 4.97. The SMILES string of the molecule is CCC(C)(N)C(=O)Nc1cccc2ccc(C)nc12. The van der Waals surface area contributed by atoms with Crippen molar-refractivity contribution >= 4 is 22.5 Å². The van der Waals surface area contributed by atoms with Crippen LogP contribution in [0, 0.1) is 6.92 Å². The Balaban J connectivity index is 2.41. The number of aromatic nitrogens is 1. The Morgan fingerprint density at radius 1 is 1.37 bits per heavy atom. The number of benzene rings is 1. The van der Waals surface area contributed by atoms with E-state index < -0.39 is 5.54 Å². The minimum atomic E-state index is -0.869. The average molecular weight is 257 g/mol. The number of nitrogens with one attached hydrogen (secondary N) is 1. The molecule has 3 N–H and O–H groups in total. The minimum absolute atomic E-state index is 0.189. The van der Waals surface area contributed by atoms with Crippen LogP contribution in [0.2, 0.25) is 0 Å². The third kappa shape index (κ3) is 2.74. The molecule has 1 atom stereocenters. The molecule has 0 spiro atoms. The van der Waals surface area contributed by atoms with E-state index in [2.05, 4.69) is 10.3 Å². The zero-order valence-corrected chi connectivity index (χ0v) is 11.5. The fourth-order valence-corrected chi connectivity index (χ4v) is 1.77. The molecule has 0 radical (unpaired) electrons. The molecule has 0 saturated carbocycles. The van der Waals surface area contributed by atoms with E-state index in [1.54, 1.807) is 6.92 Å². The predicted octanol–water partition coefficient (Wildman–Crippen LogP) is 2.61. The Morgan fingerprint density at radius 2 is 2.11 bits per heavy atom. The van der Waals surface area contributed by atoms with Gasteiger partial charge in [-0.05, 0) is 32.4 Å². The number of carbonyl (C=O) groups is 1. The van der Waals surface area contributed by atoms with Crippen molar-refractivity contribution in [2.75, 3.05) is 5.32 Å². The van der Waals surface area contributed by atoms with Crippen LogP contribution in [-0.4, -0.2) is 16.4 Å². The molecule has 4 nitrogen and oxygen atoms in total. The number of fused-ring (bicyclic) bond motifs is 1. The topological polar surface area (TPSA) is 68.0 Å². The quantitative estimate of drug-likeness (QED) is 0.888. The van der Waals surface area contributed by atoms with Crippen LogP contribution >= 0.6 is 0 Å². The van der Waals surface area contributed by atoms with E-state index in [0.717, 1.165) is 16.6 Å². The number of rotatable bonds is 3. The summed E-state index contributed by atoms with van der Waals surface area (Å²) in [6.07, 6.45) is 0.579. The lowest BCUT2D eigenvalue weighted by Crippen LogP contribution is -2.47. The molecule has 0 bridgehead atoms. The van der Waals surface area contributed by atoms with Crippen molar-refractivity contribution in [1.29, 1.82) is 0 Å². The molecule has 100 valence electrons. The largest absolute Gasteiger partial charge is 0.323 e. The number of aryl methyl sites for hydroxylation is 1. The lowest BCUT2D eigenvalue weighted by atomic mass is 9.99. The van der Waals surface area contributed by atoms with Gasteiger partial charge in [0.2, 0.25) is 5.91 Å². The van der Waals surface area contributed by atoms with Crippen molar-refractivity contribution in [3.8, 4) is 0 Å². The molecule has 1 heterocycles. The van der Waals surface area contributed by atoms with Crippen LogP contribution in [0.15, 0.2) is 30.3 Å². The maximum atomic E-state index is 12.1. The van der Waals surface area contributed by atoms with Gasteiger partial charge in [-0.1, -0.05) is 25.1 Å². The number of nitrogens with two attached hydrogens (primary N) is 1. The number of carbonyl (C=O) groups excluding carboxylic acids is 1. The first-order valence-corrected chi connectivity index (χ1v) is 6.41. The van der Waals surface area contributed by atoms with Crippen molar-refractivity contribution in [2.24, 2.45) is 5.73 Å². The Hall–Kier alpha value is -1.94. The molecule has 1 aromatic heterocycles. The van der Waals surface area contributed by atoms with E-state index in [4.69, 9.17) is 5.73 Å². The first-order valence-electron chi connectivity index (χ1n) is 6.41. The van der Waals surface area contributed by atoms with Crippen LogP contribution in [0.3, 0.4) is 0 Å². The molecule has 0 aliphatic heterocycles. The number of anilines is 1. The Labute approximate surface area is 113 Å². The van der Waals surface area contributed by atoms with Crippen LogP contribution in [0.4, 0.5) is 5.69 Å². The first-order chi connectivity index (χ1) is 8.94. The number of hydrogen-bond donors (Lipinski definition) is 2. The summed E-state index contributed by atoms with van der Waals surface area (Å²) in [5.74, 6) is -0.189. The summed E-state index contributed by atoms with van der Waals surface area (Å²) in [5, 5.41) is 3.88. The molecule has 1 unspecified atom stereocenters. The second-order valence-corrected chi connectivity index (χ2v) is 5.06. The molecule has 2 rings (SSSR count). The van der Waals surface area contributed by atoms with Crippen LogP contribution < -0.4 is 11.1 Å². The number of amides is 1. The van der Waals surface area contributed by atoms with Crippen LogP contribution in [-0.2, 0) is 4.79 Å². The third-order valence-corrected chi connectivity index (χ3v) is 3.36. The number of pyridine rings is 1. The molecular formula is C15H19N3O. The smallest absolute Gasteiger partial charge is 0.244 e. The summed E-state index contributed by atoms with van der Waals surface area (Å²) in [5.41, 5.74) is 7.50. The van der Waals surface area contributed by atoms with Crippen LogP contribution in [0.1, 0.15) is 26.0 Å². The number of para-hydroxylation sites is 1. The van der Waals surface area contributed by atoms with Crippen molar-refractivity contribution in [3.05, 3.63) is 36.0 Å². The van der Waals surface area contributed by atoms with Crippen LogP contribution in [0.25, 0.3) is 10.9 Å². The average Bonchev–Trinajstić information content (AvgIpc) is 2.39. The highest BCUT2D eigenvalue weighted by Gasteiger charge is 2.26. The number of hydrogen-bond acceptors (Lipinski definition) is 3. The van der Waals surface area contributed by atoms with Gasteiger partial charge in [0.25, 0.3) is 0 Å². The Bertz CT molecular complexity index is 620. The normalized spacial score (nSPS) is 14.1. The van der Waals surface area contributed by atoms with Crippen molar-refractivity contribution < 1.29 is 4.79 Å². The Kier molecular flexibility index (Phi) is 3.53. The van der Waals surface area contributed by atoms with Gasteiger partial charge >= 0.3 is 0 Å². The van der Waals surface area contributed by atoms with E-state index >= 15 is 0 Å². The zero-order chi connectivity index (χ0) is 14.0. The lowest BCUT2D eigenvalue weighted by Gasteiger charge is -2.21. The van der Waals surface area contributed by atoms with Gasteiger partial charge in [-0.15, -0.1) is 0 Å². The lowest BCUT2D eigenvalue weighted by molar-refractivity contribution is -0.120. The number of nitrogens with zero attached hydrogens (tertiary/aromatic N) is 1. The van der Waals surface area contributed by atoms with Gasteiger partial charge in [-0.3, -0.25) is 9.78 Å². The van der Waals surface area contributed by atoms with Crippen molar-refractivity contribution in [3.63, 3.8) is 0 Å². The second-order valence-electron chi connectivity index (χ2n) is 5.06. The summed E-state index contributed by atoms with van der Waals surface area (Å²) < 4.78 is 0. The van der Waals surface area contributed by atoms with Gasteiger partial charge in [-0.2, -0.15) is 0 Å². The molecule has 4 heteroatoms. The summed E-state index contributed by atoms with van der Waals surface area (Å²) in [6, 6.07) is 9.66. The van der Waals surface area contributed by atoms with Crippen molar-refractivity contribution in [2.45, 2.75) is 32.7 Å². The molecule has 0 fully saturated rings. The van der Waals surface area contributed by atoms with E-state index in [-0.39, 0.29) is 5.91 Å². The van der Waals surface area contributed by atoms with Crippen LogP contribution in [0.5, 0.6) is 0 Å². The molecule has 0 aliphatic rings. The molecule has 0 saturated heterocycles. The van der Waals surface area contributed by atoms with Gasteiger partial charge in [0.1, 0.15) is 0 Å². The molecule has 19 heavy (non-hydrogen) atoms. The molecule has 0 aliphatic carbocycles. The highest BCUT2D eigenvalue weighted by molar-refractivity contribution is 6.03. The highest BCUT2D eigenvalue weighted by atomic mass is 16.2. The van der Waals surface area contributed by atoms with Gasteiger partial charge < -0.3 is 11.1 Å². The van der Waals surface area contributed by atoms with E-state index in [1.807, 2.05) is 44.2 Å². The molecule has 2 aromatic rings. The fourth-order valence-electron chi connectivity index (χ4n) is 1.77.